The number of Topliss-reactive ketones (excluding diaryl/α,β-unsaturated/α-hetero) is 1. The van der Waals surface area contributed by atoms with Crippen LogP contribution in [0.25, 0.3) is 0 Å². The Hall–Kier alpha value is -0.870. The van der Waals surface area contributed by atoms with Crippen molar-refractivity contribution in [1.82, 2.24) is 4.90 Å². The van der Waals surface area contributed by atoms with Gasteiger partial charge in [0.1, 0.15) is 0 Å². The zero-order chi connectivity index (χ0) is 15.4. The minimum atomic E-state index is 0.0157. The number of carbonyl (C=O) groups is 1. The Bertz CT molecular complexity index is 611. The summed E-state index contributed by atoms with van der Waals surface area (Å²) in [6, 6.07) is 9.38. The molecule has 0 bridgehead atoms. The Balaban J connectivity index is 2.11. The fourth-order valence-electron chi connectivity index (χ4n) is 2.01. The molecule has 0 atom stereocenters. The van der Waals surface area contributed by atoms with Gasteiger partial charge in [-0.05, 0) is 43.5 Å². The molecule has 0 aliphatic rings. The van der Waals surface area contributed by atoms with E-state index in [1.54, 1.807) is 29.5 Å². The number of carbonyl (C=O) groups excluding carboxylic acids is 1. The third-order valence-electron chi connectivity index (χ3n) is 3.25. The van der Waals surface area contributed by atoms with Crippen LogP contribution in [0.3, 0.4) is 0 Å². The molecule has 0 spiro atoms. The fraction of sp³-hybridized carbons (Fsp3) is 0.312. The topological polar surface area (TPSA) is 20.3 Å². The lowest BCUT2D eigenvalue weighted by molar-refractivity contribution is 0.0899. The Labute approximate surface area is 139 Å². The van der Waals surface area contributed by atoms with Gasteiger partial charge < -0.3 is 0 Å². The van der Waals surface area contributed by atoms with Gasteiger partial charge in [-0.15, -0.1) is 11.3 Å². The van der Waals surface area contributed by atoms with Gasteiger partial charge in [0.05, 0.1) is 11.6 Å². The molecular weight excluding hydrogens is 325 g/mol. The predicted octanol–water partition coefficient (Wildman–Crippen LogP) is 5.15. The van der Waals surface area contributed by atoms with E-state index in [1.165, 1.54) is 4.88 Å². The van der Waals surface area contributed by atoms with Crippen LogP contribution >= 0.6 is 34.5 Å². The van der Waals surface area contributed by atoms with E-state index in [0.717, 1.165) is 6.54 Å². The predicted molar refractivity (Wildman–Crippen MR) is 90.7 cm³/mol. The number of hydrogen-bond acceptors (Lipinski definition) is 3. The second-order valence-electron chi connectivity index (χ2n) is 5.13. The zero-order valence-corrected chi connectivity index (χ0v) is 14.3. The molecule has 0 unspecified atom stereocenters. The minimum absolute atomic E-state index is 0.0157. The number of hydrogen-bond donors (Lipinski definition) is 0. The van der Waals surface area contributed by atoms with E-state index in [1.807, 2.05) is 11.4 Å². The summed E-state index contributed by atoms with van der Waals surface area (Å²) in [4.78, 5) is 15.8. The number of benzene rings is 1. The van der Waals surface area contributed by atoms with E-state index >= 15 is 0 Å². The van der Waals surface area contributed by atoms with Crippen molar-refractivity contribution in [2.75, 3.05) is 6.54 Å². The number of nitrogens with zero attached hydrogens (tertiary/aromatic N) is 1. The first-order valence-electron chi connectivity index (χ1n) is 6.72. The van der Waals surface area contributed by atoms with Crippen LogP contribution in [-0.4, -0.2) is 23.3 Å². The summed E-state index contributed by atoms with van der Waals surface area (Å²) in [5.74, 6) is 0.0157. The molecule has 2 nitrogen and oxygen atoms in total. The summed E-state index contributed by atoms with van der Waals surface area (Å²) in [6.07, 6.45) is 0. The molecule has 0 N–H and O–H groups in total. The van der Waals surface area contributed by atoms with Crippen LogP contribution in [0, 0.1) is 0 Å². The molecule has 1 heterocycles. The molecule has 0 saturated heterocycles. The lowest BCUT2D eigenvalue weighted by atomic mass is 10.1. The maximum atomic E-state index is 12.5. The summed E-state index contributed by atoms with van der Waals surface area (Å²) in [5, 5.41) is 2.99. The van der Waals surface area contributed by atoms with Crippen molar-refractivity contribution in [3.8, 4) is 0 Å². The highest BCUT2D eigenvalue weighted by Crippen LogP contribution is 2.22. The molecule has 1 aromatic heterocycles. The Morgan fingerprint density at radius 3 is 2.62 bits per heavy atom. The van der Waals surface area contributed by atoms with Crippen molar-refractivity contribution in [2.24, 2.45) is 0 Å². The van der Waals surface area contributed by atoms with Gasteiger partial charge >= 0.3 is 0 Å². The Morgan fingerprint density at radius 2 is 2.05 bits per heavy atom. The molecular formula is C16H17Cl2NOS. The van der Waals surface area contributed by atoms with Crippen LogP contribution in [0.2, 0.25) is 10.0 Å². The van der Waals surface area contributed by atoms with Crippen molar-refractivity contribution in [3.63, 3.8) is 0 Å². The monoisotopic (exact) mass is 341 g/mol. The summed E-state index contributed by atoms with van der Waals surface area (Å²) < 4.78 is 0. The molecule has 2 aromatic rings. The van der Waals surface area contributed by atoms with Crippen LogP contribution < -0.4 is 0 Å². The average Bonchev–Trinajstić information content (AvgIpc) is 2.90. The van der Waals surface area contributed by atoms with Crippen molar-refractivity contribution in [3.05, 3.63) is 56.2 Å². The lowest BCUT2D eigenvalue weighted by Gasteiger charge is -2.25. The van der Waals surface area contributed by atoms with E-state index in [2.05, 4.69) is 24.8 Å². The highest BCUT2D eigenvalue weighted by molar-refractivity contribution is 7.09. The largest absolute Gasteiger partial charge is 0.293 e. The molecule has 0 fully saturated rings. The smallest absolute Gasteiger partial charge is 0.178 e. The number of ketones is 1. The van der Waals surface area contributed by atoms with E-state index in [0.29, 0.717) is 22.2 Å². The van der Waals surface area contributed by atoms with Crippen molar-refractivity contribution < 1.29 is 4.79 Å². The maximum Gasteiger partial charge on any atom is 0.178 e. The van der Waals surface area contributed by atoms with E-state index in [9.17, 15) is 4.79 Å². The summed E-state index contributed by atoms with van der Waals surface area (Å²) in [7, 11) is 0. The van der Waals surface area contributed by atoms with Gasteiger partial charge in [0.2, 0.25) is 0 Å². The van der Waals surface area contributed by atoms with E-state index in [-0.39, 0.29) is 11.8 Å². The van der Waals surface area contributed by atoms with Gasteiger partial charge in [-0.3, -0.25) is 9.69 Å². The first-order valence-corrected chi connectivity index (χ1v) is 8.35. The van der Waals surface area contributed by atoms with Crippen LogP contribution in [-0.2, 0) is 6.54 Å². The molecule has 1 aromatic carbocycles. The molecule has 0 aliphatic heterocycles. The molecule has 112 valence electrons. The molecule has 2 rings (SSSR count). The molecule has 0 radical (unpaired) electrons. The highest BCUT2D eigenvalue weighted by Gasteiger charge is 2.18. The van der Waals surface area contributed by atoms with Crippen molar-refractivity contribution in [1.29, 1.82) is 0 Å². The van der Waals surface area contributed by atoms with E-state index in [4.69, 9.17) is 23.2 Å². The quantitative estimate of drug-likeness (QED) is 0.677. The summed E-state index contributed by atoms with van der Waals surface area (Å²) >= 11 is 13.7. The van der Waals surface area contributed by atoms with Gasteiger partial charge in [0, 0.05) is 28.0 Å². The summed E-state index contributed by atoms with van der Waals surface area (Å²) in [5.41, 5.74) is 0.526. The van der Waals surface area contributed by atoms with Crippen LogP contribution in [0.5, 0.6) is 0 Å². The minimum Gasteiger partial charge on any atom is -0.293 e. The summed E-state index contributed by atoms with van der Waals surface area (Å²) in [6.45, 7) is 5.29. The van der Waals surface area contributed by atoms with Crippen molar-refractivity contribution in [2.45, 2.75) is 26.4 Å². The third-order valence-corrected chi connectivity index (χ3v) is 4.66. The first kappa shape index (κ1) is 16.5. The molecule has 0 amide bonds. The Kier molecular flexibility index (Phi) is 5.82. The second kappa shape index (κ2) is 7.41. The zero-order valence-electron chi connectivity index (χ0n) is 12.0. The van der Waals surface area contributed by atoms with E-state index < -0.39 is 0 Å². The second-order valence-corrected chi connectivity index (χ2v) is 7.00. The van der Waals surface area contributed by atoms with Crippen LogP contribution in [0.15, 0.2) is 35.7 Å². The van der Waals surface area contributed by atoms with Gasteiger partial charge in [-0.2, -0.15) is 0 Å². The average molecular weight is 342 g/mol. The normalized spacial score (nSPS) is 11.3. The van der Waals surface area contributed by atoms with Gasteiger partial charge in [-0.25, -0.2) is 0 Å². The number of halogens is 2. The van der Waals surface area contributed by atoms with Gasteiger partial charge in [-0.1, -0.05) is 29.3 Å². The van der Waals surface area contributed by atoms with Crippen molar-refractivity contribution >= 4 is 40.3 Å². The Morgan fingerprint density at radius 1 is 1.29 bits per heavy atom. The van der Waals surface area contributed by atoms with Crippen LogP contribution in [0.4, 0.5) is 0 Å². The molecule has 5 heteroatoms. The number of thiophene rings is 1. The highest BCUT2D eigenvalue weighted by atomic mass is 35.5. The molecule has 21 heavy (non-hydrogen) atoms. The lowest BCUT2D eigenvalue weighted by Crippen LogP contribution is -2.35. The fourth-order valence-corrected chi connectivity index (χ4v) is 3.25. The van der Waals surface area contributed by atoms with Gasteiger partial charge in [0.15, 0.2) is 5.78 Å². The number of rotatable bonds is 6. The SMILES string of the molecule is CC(C)N(CC(=O)c1ccc(Cl)cc1Cl)Cc1cccs1. The first-order chi connectivity index (χ1) is 9.97. The molecule has 0 saturated carbocycles. The maximum absolute atomic E-state index is 12.5. The van der Waals surface area contributed by atoms with Crippen LogP contribution in [0.1, 0.15) is 29.1 Å². The molecule has 0 aliphatic carbocycles. The standard InChI is InChI=1S/C16H17Cl2NOS/c1-11(2)19(9-13-4-3-7-21-13)10-16(20)14-6-5-12(17)8-15(14)18/h3-8,11H,9-10H2,1-2H3. The van der Waals surface area contributed by atoms with Gasteiger partial charge in [0.25, 0.3) is 0 Å². The third kappa shape index (κ3) is 4.55.